The van der Waals surface area contributed by atoms with Gasteiger partial charge in [-0.25, -0.2) is 13.1 Å². The van der Waals surface area contributed by atoms with Gasteiger partial charge in [-0.1, -0.05) is 42.5 Å². The molecule has 9 heteroatoms. The van der Waals surface area contributed by atoms with E-state index in [0.717, 1.165) is 5.56 Å². The molecule has 1 saturated heterocycles. The minimum absolute atomic E-state index is 0.000587. The number of likely N-dealkylation sites (tertiary alicyclic amines) is 1. The Balaban J connectivity index is 1.52. The predicted molar refractivity (Wildman–Crippen MR) is 141 cm³/mol. The summed E-state index contributed by atoms with van der Waals surface area (Å²) in [5, 5.41) is 4.09. The highest BCUT2D eigenvalue weighted by atomic mass is 32.2. The fraction of sp³-hybridized carbons (Fsp3) is 0.333. The number of hydrogen-bond acceptors (Lipinski definition) is 5. The number of anilines is 1. The molecule has 0 spiro atoms. The van der Waals surface area contributed by atoms with Crippen LogP contribution in [0.4, 0.5) is 5.69 Å². The van der Waals surface area contributed by atoms with Gasteiger partial charge in [0.2, 0.25) is 15.9 Å². The quantitative estimate of drug-likeness (QED) is 0.452. The summed E-state index contributed by atoms with van der Waals surface area (Å²) in [7, 11) is -3.83. The summed E-state index contributed by atoms with van der Waals surface area (Å²) < 4.78 is 29.6. The molecule has 1 aliphatic heterocycles. The third-order valence-corrected chi connectivity index (χ3v) is 8.06. The van der Waals surface area contributed by atoms with Gasteiger partial charge in [0.05, 0.1) is 4.90 Å². The molecule has 4 rings (SSSR count). The van der Waals surface area contributed by atoms with E-state index in [1.807, 2.05) is 25.1 Å². The van der Waals surface area contributed by atoms with E-state index in [9.17, 15) is 18.0 Å². The van der Waals surface area contributed by atoms with E-state index in [0.29, 0.717) is 48.0 Å². The SMILES string of the molecule is Cc1ccccc1C(=O)Nc1ccc(S(=O)(=O)NC2CCN(C(=O)CC(C)N)CC2)c2ccccc12. The van der Waals surface area contributed by atoms with Crippen LogP contribution in [0.2, 0.25) is 0 Å². The number of piperidine rings is 1. The Morgan fingerprint density at radius 2 is 1.64 bits per heavy atom. The van der Waals surface area contributed by atoms with Crippen molar-refractivity contribution in [1.29, 1.82) is 0 Å². The minimum Gasteiger partial charge on any atom is -0.343 e. The van der Waals surface area contributed by atoms with Crippen molar-refractivity contribution in [2.45, 2.75) is 50.1 Å². The first kappa shape index (κ1) is 25.8. The first-order chi connectivity index (χ1) is 17.2. The lowest BCUT2D eigenvalue weighted by Crippen LogP contribution is -2.47. The molecule has 1 fully saturated rings. The van der Waals surface area contributed by atoms with Crippen molar-refractivity contribution in [3.63, 3.8) is 0 Å². The number of amides is 2. The highest BCUT2D eigenvalue weighted by Crippen LogP contribution is 2.30. The van der Waals surface area contributed by atoms with Gasteiger partial charge >= 0.3 is 0 Å². The van der Waals surface area contributed by atoms with Crippen LogP contribution in [0, 0.1) is 6.92 Å². The van der Waals surface area contributed by atoms with Crippen LogP contribution in [0.3, 0.4) is 0 Å². The van der Waals surface area contributed by atoms with E-state index in [1.165, 1.54) is 6.07 Å². The second-order valence-electron chi connectivity index (χ2n) is 9.38. The number of carbonyl (C=O) groups excluding carboxylic acids is 2. The van der Waals surface area contributed by atoms with Gasteiger partial charge in [0.15, 0.2) is 0 Å². The molecule has 0 radical (unpaired) electrons. The average molecular weight is 509 g/mol. The van der Waals surface area contributed by atoms with Crippen molar-refractivity contribution in [3.8, 4) is 0 Å². The molecule has 1 atom stereocenters. The zero-order valence-electron chi connectivity index (χ0n) is 20.5. The highest BCUT2D eigenvalue weighted by molar-refractivity contribution is 7.89. The van der Waals surface area contributed by atoms with Gasteiger partial charge in [0.1, 0.15) is 0 Å². The lowest BCUT2D eigenvalue weighted by atomic mass is 10.1. The van der Waals surface area contributed by atoms with Crippen LogP contribution < -0.4 is 15.8 Å². The second-order valence-corrected chi connectivity index (χ2v) is 11.1. The van der Waals surface area contributed by atoms with Gasteiger partial charge < -0.3 is 16.0 Å². The van der Waals surface area contributed by atoms with E-state index < -0.39 is 10.0 Å². The lowest BCUT2D eigenvalue weighted by molar-refractivity contribution is -0.132. The zero-order chi connectivity index (χ0) is 25.9. The Hall–Kier alpha value is -3.27. The van der Waals surface area contributed by atoms with Crippen molar-refractivity contribution in [1.82, 2.24) is 9.62 Å². The van der Waals surface area contributed by atoms with Crippen molar-refractivity contribution in [2.24, 2.45) is 5.73 Å². The molecule has 1 heterocycles. The monoisotopic (exact) mass is 508 g/mol. The summed E-state index contributed by atoms with van der Waals surface area (Å²) in [5.41, 5.74) is 7.69. The normalized spacial score (nSPS) is 15.6. The van der Waals surface area contributed by atoms with E-state index in [2.05, 4.69) is 10.0 Å². The number of benzene rings is 3. The summed E-state index contributed by atoms with van der Waals surface area (Å²) in [4.78, 5) is 27.0. The molecular formula is C27H32N4O4S. The largest absolute Gasteiger partial charge is 0.343 e. The zero-order valence-corrected chi connectivity index (χ0v) is 21.3. The maximum absolute atomic E-state index is 13.4. The number of hydrogen-bond donors (Lipinski definition) is 3. The van der Waals surface area contributed by atoms with E-state index in [4.69, 9.17) is 5.73 Å². The van der Waals surface area contributed by atoms with Crippen LogP contribution in [0.15, 0.2) is 65.6 Å². The molecule has 36 heavy (non-hydrogen) atoms. The van der Waals surface area contributed by atoms with Crippen LogP contribution in [-0.2, 0) is 14.8 Å². The number of fused-ring (bicyclic) bond motifs is 1. The number of sulfonamides is 1. The number of nitrogens with two attached hydrogens (primary N) is 1. The molecule has 4 N–H and O–H groups in total. The Kier molecular flexibility index (Phi) is 7.73. The minimum atomic E-state index is -3.83. The van der Waals surface area contributed by atoms with Crippen molar-refractivity contribution >= 4 is 38.3 Å². The summed E-state index contributed by atoms with van der Waals surface area (Å²) in [5.74, 6) is -0.252. The van der Waals surface area contributed by atoms with Crippen molar-refractivity contribution in [2.75, 3.05) is 18.4 Å². The maximum Gasteiger partial charge on any atom is 0.255 e. The molecule has 3 aromatic rings. The first-order valence-corrected chi connectivity index (χ1v) is 13.6. The molecule has 0 saturated carbocycles. The molecule has 190 valence electrons. The van der Waals surface area contributed by atoms with Gasteiger partial charge in [-0.15, -0.1) is 0 Å². The van der Waals surface area contributed by atoms with E-state index in [1.54, 1.807) is 48.2 Å². The van der Waals surface area contributed by atoms with Gasteiger partial charge in [-0.05, 0) is 50.5 Å². The average Bonchev–Trinajstić information content (AvgIpc) is 2.84. The van der Waals surface area contributed by atoms with Gasteiger partial charge in [0.25, 0.3) is 5.91 Å². The predicted octanol–water partition coefficient (Wildman–Crippen LogP) is 3.41. The third-order valence-electron chi connectivity index (χ3n) is 6.48. The smallest absolute Gasteiger partial charge is 0.255 e. The summed E-state index contributed by atoms with van der Waals surface area (Å²) in [6.45, 7) is 4.64. The second kappa shape index (κ2) is 10.8. The van der Waals surface area contributed by atoms with Crippen LogP contribution in [0.25, 0.3) is 10.8 Å². The molecule has 2 amide bonds. The fourth-order valence-electron chi connectivity index (χ4n) is 4.57. The van der Waals surface area contributed by atoms with E-state index in [-0.39, 0.29) is 35.2 Å². The standard InChI is InChI=1S/C27H32N4O4S/c1-18-7-3-4-8-21(18)27(33)29-24-11-12-25(23-10-6-5-9-22(23)24)36(34,35)30-20-13-15-31(16-14-20)26(32)17-19(2)28/h3-12,19-20,30H,13-17,28H2,1-2H3,(H,29,33). The Morgan fingerprint density at radius 1 is 1.00 bits per heavy atom. The molecular weight excluding hydrogens is 476 g/mol. The molecule has 0 aliphatic carbocycles. The molecule has 1 unspecified atom stereocenters. The maximum atomic E-state index is 13.4. The van der Waals surface area contributed by atoms with Crippen LogP contribution in [0.1, 0.15) is 42.1 Å². The topological polar surface area (TPSA) is 122 Å². The number of nitrogens with zero attached hydrogens (tertiary/aromatic N) is 1. The van der Waals surface area contributed by atoms with Crippen LogP contribution >= 0.6 is 0 Å². The molecule has 8 nitrogen and oxygen atoms in total. The van der Waals surface area contributed by atoms with Crippen LogP contribution in [0.5, 0.6) is 0 Å². The lowest BCUT2D eigenvalue weighted by Gasteiger charge is -2.32. The first-order valence-electron chi connectivity index (χ1n) is 12.1. The number of nitrogens with one attached hydrogen (secondary N) is 2. The van der Waals surface area contributed by atoms with Crippen molar-refractivity contribution < 1.29 is 18.0 Å². The molecule has 1 aliphatic rings. The van der Waals surface area contributed by atoms with E-state index >= 15 is 0 Å². The Bertz CT molecular complexity index is 1380. The fourth-order valence-corrected chi connectivity index (χ4v) is 6.08. The van der Waals surface area contributed by atoms with Crippen LogP contribution in [-0.4, -0.2) is 50.3 Å². The van der Waals surface area contributed by atoms with Gasteiger partial charge in [-0.2, -0.15) is 0 Å². The number of aryl methyl sites for hydroxylation is 1. The Labute approximate surface area is 211 Å². The van der Waals surface area contributed by atoms with Gasteiger partial charge in [0, 0.05) is 53.6 Å². The van der Waals surface area contributed by atoms with Gasteiger partial charge in [-0.3, -0.25) is 9.59 Å². The Morgan fingerprint density at radius 3 is 2.31 bits per heavy atom. The number of carbonyl (C=O) groups is 2. The number of rotatable bonds is 7. The summed E-state index contributed by atoms with van der Waals surface area (Å²) in [6, 6.07) is 17.1. The third kappa shape index (κ3) is 5.75. The summed E-state index contributed by atoms with van der Waals surface area (Å²) in [6.07, 6.45) is 1.36. The highest BCUT2D eigenvalue weighted by Gasteiger charge is 2.28. The molecule has 0 bridgehead atoms. The summed E-state index contributed by atoms with van der Waals surface area (Å²) >= 11 is 0. The molecule has 3 aromatic carbocycles. The molecule has 0 aromatic heterocycles. The van der Waals surface area contributed by atoms with Crippen molar-refractivity contribution in [3.05, 3.63) is 71.8 Å².